The quantitative estimate of drug-likeness (QED) is 0.762. The lowest BCUT2D eigenvalue weighted by molar-refractivity contribution is 0.0656. The Morgan fingerprint density at radius 2 is 2.00 bits per heavy atom. The van der Waals surface area contributed by atoms with E-state index in [1.165, 1.54) is 0 Å². The van der Waals surface area contributed by atoms with E-state index in [0.29, 0.717) is 17.8 Å². The van der Waals surface area contributed by atoms with Gasteiger partial charge in [-0.3, -0.25) is 4.79 Å². The minimum absolute atomic E-state index is 0. The van der Waals surface area contributed by atoms with E-state index in [4.69, 9.17) is 5.73 Å². The van der Waals surface area contributed by atoms with E-state index in [1.807, 2.05) is 11.8 Å². The first kappa shape index (κ1) is 16.3. The van der Waals surface area contributed by atoms with Crippen LogP contribution in [0.3, 0.4) is 0 Å². The Morgan fingerprint density at radius 1 is 1.35 bits per heavy atom. The molecule has 3 amide bonds. The Hall–Kier alpha value is -1.79. The molecule has 1 aliphatic heterocycles. The maximum Gasteiger partial charge on any atom is 0.316 e. The van der Waals surface area contributed by atoms with Gasteiger partial charge >= 0.3 is 6.03 Å². The van der Waals surface area contributed by atoms with Crippen LogP contribution in [-0.4, -0.2) is 42.5 Å². The highest BCUT2D eigenvalue weighted by molar-refractivity contribution is 5.95. The lowest BCUT2D eigenvalue weighted by Crippen LogP contribution is -2.52. The average Bonchev–Trinajstić information content (AvgIpc) is 2.39. The van der Waals surface area contributed by atoms with Crippen LogP contribution in [0.5, 0.6) is 0 Å². The molecule has 0 saturated carbocycles. The first-order valence-corrected chi connectivity index (χ1v) is 6.26. The zero-order valence-corrected chi connectivity index (χ0v) is 12.1. The SMILES string of the molecule is CC1CNCCN1C(=O)c1ccc(NC(N)=O)cc1.Cl. The topological polar surface area (TPSA) is 87.5 Å². The average molecular weight is 299 g/mol. The molecule has 1 heterocycles. The molecule has 7 heteroatoms. The number of primary amides is 1. The van der Waals surface area contributed by atoms with Gasteiger partial charge in [-0.25, -0.2) is 4.79 Å². The van der Waals surface area contributed by atoms with Crippen LogP contribution in [0.15, 0.2) is 24.3 Å². The molecule has 0 radical (unpaired) electrons. The number of nitrogens with one attached hydrogen (secondary N) is 2. The van der Waals surface area contributed by atoms with Crippen molar-refractivity contribution in [2.75, 3.05) is 25.0 Å². The predicted molar refractivity (Wildman–Crippen MR) is 80.3 cm³/mol. The van der Waals surface area contributed by atoms with Gasteiger partial charge in [0.05, 0.1) is 0 Å². The molecule has 1 aromatic rings. The number of nitrogens with zero attached hydrogens (tertiary/aromatic N) is 1. The third-order valence-corrected chi connectivity index (χ3v) is 3.16. The second kappa shape index (κ2) is 7.12. The Morgan fingerprint density at radius 3 is 2.55 bits per heavy atom. The zero-order chi connectivity index (χ0) is 13.8. The summed E-state index contributed by atoms with van der Waals surface area (Å²) in [6.45, 7) is 4.36. The number of urea groups is 1. The van der Waals surface area contributed by atoms with Gasteiger partial charge in [0.15, 0.2) is 0 Å². The summed E-state index contributed by atoms with van der Waals surface area (Å²) >= 11 is 0. The van der Waals surface area contributed by atoms with Crippen LogP contribution in [0, 0.1) is 0 Å². The van der Waals surface area contributed by atoms with Crippen LogP contribution in [0.4, 0.5) is 10.5 Å². The van der Waals surface area contributed by atoms with Crippen molar-refractivity contribution in [1.82, 2.24) is 10.2 Å². The van der Waals surface area contributed by atoms with Gasteiger partial charge in [-0.2, -0.15) is 0 Å². The molecule has 20 heavy (non-hydrogen) atoms. The number of hydrogen-bond acceptors (Lipinski definition) is 3. The minimum Gasteiger partial charge on any atom is -0.351 e. The van der Waals surface area contributed by atoms with E-state index < -0.39 is 6.03 Å². The Kier molecular flexibility index (Phi) is 5.79. The van der Waals surface area contributed by atoms with Crippen molar-refractivity contribution in [1.29, 1.82) is 0 Å². The molecule has 1 saturated heterocycles. The third-order valence-electron chi connectivity index (χ3n) is 3.16. The standard InChI is InChI=1S/C13H18N4O2.ClH/c1-9-8-15-6-7-17(9)12(18)10-2-4-11(5-3-10)16-13(14)19;/h2-5,9,15H,6-8H2,1H3,(H3,14,16,19);1H. The molecule has 2 rings (SSSR count). The monoisotopic (exact) mass is 298 g/mol. The first-order valence-electron chi connectivity index (χ1n) is 6.26. The molecule has 1 fully saturated rings. The van der Waals surface area contributed by atoms with Crippen LogP contribution in [0.2, 0.25) is 0 Å². The molecular formula is C13H19ClN4O2. The number of piperazine rings is 1. The third kappa shape index (κ3) is 3.85. The summed E-state index contributed by atoms with van der Waals surface area (Å²) in [5.41, 5.74) is 6.22. The van der Waals surface area contributed by atoms with Gasteiger partial charge < -0.3 is 21.3 Å². The van der Waals surface area contributed by atoms with Crippen molar-refractivity contribution < 1.29 is 9.59 Å². The Balaban J connectivity index is 0.00000200. The summed E-state index contributed by atoms with van der Waals surface area (Å²) in [6.07, 6.45) is 0. The van der Waals surface area contributed by atoms with Gasteiger partial charge in [0.1, 0.15) is 0 Å². The summed E-state index contributed by atoms with van der Waals surface area (Å²) in [5.74, 6) is 0.0135. The van der Waals surface area contributed by atoms with Crippen molar-refractivity contribution in [2.45, 2.75) is 13.0 Å². The fourth-order valence-electron chi connectivity index (χ4n) is 2.15. The Labute approximate surface area is 124 Å². The molecule has 1 aromatic carbocycles. The van der Waals surface area contributed by atoms with Crippen molar-refractivity contribution in [3.05, 3.63) is 29.8 Å². The van der Waals surface area contributed by atoms with Crippen molar-refractivity contribution in [3.8, 4) is 0 Å². The van der Waals surface area contributed by atoms with Crippen LogP contribution in [0.1, 0.15) is 17.3 Å². The summed E-state index contributed by atoms with van der Waals surface area (Å²) < 4.78 is 0. The van der Waals surface area contributed by atoms with Gasteiger partial charge in [-0.05, 0) is 31.2 Å². The van der Waals surface area contributed by atoms with Crippen LogP contribution >= 0.6 is 12.4 Å². The summed E-state index contributed by atoms with van der Waals surface area (Å²) in [4.78, 5) is 24.9. The normalized spacial score (nSPS) is 18.1. The molecule has 0 aliphatic carbocycles. The van der Waals surface area contributed by atoms with Crippen molar-refractivity contribution in [3.63, 3.8) is 0 Å². The van der Waals surface area contributed by atoms with Gasteiger partial charge in [-0.15, -0.1) is 12.4 Å². The number of amides is 3. The van der Waals surface area contributed by atoms with Crippen LogP contribution < -0.4 is 16.4 Å². The molecule has 1 atom stereocenters. The first-order chi connectivity index (χ1) is 9.08. The van der Waals surface area contributed by atoms with Crippen LogP contribution in [-0.2, 0) is 0 Å². The fourth-order valence-corrected chi connectivity index (χ4v) is 2.15. The lowest BCUT2D eigenvalue weighted by Gasteiger charge is -2.34. The number of anilines is 1. The number of halogens is 1. The Bertz CT molecular complexity index is 478. The molecule has 6 nitrogen and oxygen atoms in total. The van der Waals surface area contributed by atoms with E-state index in [-0.39, 0.29) is 24.4 Å². The van der Waals surface area contributed by atoms with Gasteiger partial charge in [-0.1, -0.05) is 0 Å². The van der Waals surface area contributed by atoms with E-state index in [0.717, 1.165) is 13.1 Å². The fraction of sp³-hybridized carbons (Fsp3) is 0.385. The van der Waals surface area contributed by atoms with E-state index in [2.05, 4.69) is 10.6 Å². The van der Waals surface area contributed by atoms with Crippen molar-refractivity contribution in [2.24, 2.45) is 5.73 Å². The molecular weight excluding hydrogens is 280 g/mol. The molecule has 1 aliphatic rings. The van der Waals surface area contributed by atoms with E-state index in [1.54, 1.807) is 24.3 Å². The number of rotatable bonds is 2. The summed E-state index contributed by atoms with van der Waals surface area (Å²) in [5, 5.41) is 5.71. The lowest BCUT2D eigenvalue weighted by atomic mass is 10.1. The molecule has 1 unspecified atom stereocenters. The summed E-state index contributed by atoms with van der Waals surface area (Å²) in [7, 11) is 0. The maximum absolute atomic E-state index is 12.3. The summed E-state index contributed by atoms with van der Waals surface area (Å²) in [6, 6.07) is 6.31. The largest absolute Gasteiger partial charge is 0.351 e. The highest BCUT2D eigenvalue weighted by Crippen LogP contribution is 2.13. The highest BCUT2D eigenvalue weighted by Gasteiger charge is 2.23. The van der Waals surface area contributed by atoms with E-state index in [9.17, 15) is 9.59 Å². The number of carbonyl (C=O) groups excluding carboxylic acids is 2. The number of carbonyl (C=O) groups is 2. The smallest absolute Gasteiger partial charge is 0.316 e. The van der Waals surface area contributed by atoms with Crippen molar-refractivity contribution >= 4 is 30.0 Å². The van der Waals surface area contributed by atoms with E-state index >= 15 is 0 Å². The highest BCUT2D eigenvalue weighted by atomic mass is 35.5. The molecule has 110 valence electrons. The second-order valence-corrected chi connectivity index (χ2v) is 4.62. The molecule has 0 spiro atoms. The number of hydrogen-bond donors (Lipinski definition) is 3. The van der Waals surface area contributed by atoms with Gasteiger partial charge in [0, 0.05) is 36.9 Å². The van der Waals surface area contributed by atoms with Gasteiger partial charge in [0.2, 0.25) is 0 Å². The van der Waals surface area contributed by atoms with Gasteiger partial charge in [0.25, 0.3) is 5.91 Å². The zero-order valence-electron chi connectivity index (χ0n) is 11.3. The predicted octanol–water partition coefficient (Wildman–Crippen LogP) is 1.03. The van der Waals surface area contributed by atoms with Crippen LogP contribution in [0.25, 0.3) is 0 Å². The molecule has 0 bridgehead atoms. The minimum atomic E-state index is -0.616. The number of benzene rings is 1. The molecule has 4 N–H and O–H groups in total. The maximum atomic E-state index is 12.3. The number of nitrogens with two attached hydrogens (primary N) is 1. The molecule has 0 aromatic heterocycles. The second-order valence-electron chi connectivity index (χ2n) is 4.62.